The Bertz CT molecular complexity index is 991. The molecule has 0 aliphatic carbocycles. The fourth-order valence-electron chi connectivity index (χ4n) is 5.77. The first-order valence-corrected chi connectivity index (χ1v) is 21.8. The number of allylic oxidation sites excluding steroid dienone is 9. The van der Waals surface area contributed by atoms with Gasteiger partial charge in [-0.05, 0) is 51.4 Å². The molecule has 0 aliphatic heterocycles. The van der Waals surface area contributed by atoms with Crippen LogP contribution in [0, 0.1) is 0 Å². The van der Waals surface area contributed by atoms with Gasteiger partial charge in [0.2, 0.25) is 0 Å². The molecular weight excluding hydrogens is 661 g/mol. The Morgan fingerprint density at radius 3 is 1.42 bits per heavy atom. The maximum Gasteiger partial charge on any atom is 0.309 e. The summed E-state index contributed by atoms with van der Waals surface area (Å²) < 4.78 is 16.5. The quantitative estimate of drug-likeness (QED) is 0.0206. The molecule has 0 spiro atoms. The summed E-state index contributed by atoms with van der Waals surface area (Å²) in [7, 11) is 0. The van der Waals surface area contributed by atoms with E-state index in [9.17, 15) is 14.4 Å². The van der Waals surface area contributed by atoms with E-state index in [-0.39, 0.29) is 38.0 Å². The van der Waals surface area contributed by atoms with Crippen LogP contribution < -0.4 is 0 Å². The fraction of sp³-hybridized carbons (Fsp3) is 0.723. The van der Waals surface area contributed by atoms with E-state index in [1.54, 1.807) is 6.08 Å². The second-order valence-corrected chi connectivity index (χ2v) is 14.3. The summed E-state index contributed by atoms with van der Waals surface area (Å²) in [4.78, 5) is 37.5. The third kappa shape index (κ3) is 40.1. The molecular formula is C47H80O6. The number of ether oxygens (including phenoxy) is 3. The van der Waals surface area contributed by atoms with Gasteiger partial charge in [0.1, 0.15) is 13.2 Å². The van der Waals surface area contributed by atoms with Crippen LogP contribution in [-0.4, -0.2) is 37.2 Å². The number of rotatable bonds is 38. The molecule has 6 nitrogen and oxygen atoms in total. The minimum absolute atomic E-state index is 0.111. The summed E-state index contributed by atoms with van der Waals surface area (Å²) in [6.45, 7) is 6.33. The predicted molar refractivity (Wildman–Crippen MR) is 224 cm³/mol. The van der Waals surface area contributed by atoms with Crippen LogP contribution >= 0.6 is 0 Å². The number of hydrogen-bond donors (Lipinski definition) is 0. The van der Waals surface area contributed by atoms with Crippen LogP contribution in [0.1, 0.15) is 201 Å². The monoisotopic (exact) mass is 741 g/mol. The maximum atomic E-state index is 12.6. The third-order valence-electron chi connectivity index (χ3n) is 9.07. The zero-order valence-electron chi connectivity index (χ0n) is 34.5. The minimum atomic E-state index is -0.818. The smallest absolute Gasteiger partial charge is 0.309 e. The van der Waals surface area contributed by atoms with Crippen LogP contribution in [0.25, 0.3) is 0 Å². The predicted octanol–water partition coefficient (Wildman–Crippen LogP) is 13.7. The van der Waals surface area contributed by atoms with Gasteiger partial charge in [-0.15, -0.1) is 0 Å². The molecule has 6 heteroatoms. The number of esters is 3. The summed E-state index contributed by atoms with van der Waals surface area (Å²) in [6, 6.07) is 0. The Balaban J connectivity index is 4.43. The second-order valence-electron chi connectivity index (χ2n) is 14.3. The fourth-order valence-corrected chi connectivity index (χ4v) is 5.77. The molecule has 0 saturated carbocycles. The first-order chi connectivity index (χ1) is 26.0. The topological polar surface area (TPSA) is 78.9 Å². The molecule has 1 atom stereocenters. The van der Waals surface area contributed by atoms with E-state index in [4.69, 9.17) is 14.2 Å². The second kappa shape index (κ2) is 41.9. The van der Waals surface area contributed by atoms with Gasteiger partial charge in [-0.25, -0.2) is 0 Å². The molecule has 0 aromatic rings. The molecule has 304 valence electrons. The van der Waals surface area contributed by atoms with Crippen LogP contribution in [0.2, 0.25) is 0 Å². The molecule has 0 aromatic carbocycles. The van der Waals surface area contributed by atoms with Crippen LogP contribution in [-0.2, 0) is 28.6 Å². The zero-order valence-corrected chi connectivity index (χ0v) is 34.5. The SMILES string of the molecule is CC/C=C\C/C=C\C/C=C\CC(=O)OCC(COC(=O)CCCCCCCCCCCCCCCCC)OC(=O)CCCCC/C=C\C=C/CCCC. The minimum Gasteiger partial charge on any atom is -0.462 e. The highest BCUT2D eigenvalue weighted by Gasteiger charge is 2.19. The van der Waals surface area contributed by atoms with Crippen LogP contribution in [0.4, 0.5) is 0 Å². The lowest BCUT2D eigenvalue weighted by molar-refractivity contribution is -0.166. The Kier molecular flexibility index (Phi) is 39.6. The average molecular weight is 741 g/mol. The van der Waals surface area contributed by atoms with Crippen molar-refractivity contribution >= 4 is 17.9 Å². The van der Waals surface area contributed by atoms with Crippen LogP contribution in [0.15, 0.2) is 60.8 Å². The first-order valence-electron chi connectivity index (χ1n) is 21.8. The highest BCUT2D eigenvalue weighted by atomic mass is 16.6. The number of hydrogen-bond acceptors (Lipinski definition) is 6. The van der Waals surface area contributed by atoms with Crippen molar-refractivity contribution in [1.29, 1.82) is 0 Å². The summed E-state index contributed by atoms with van der Waals surface area (Å²) in [6.07, 6.45) is 49.6. The Hall–Kier alpha value is -2.89. The van der Waals surface area contributed by atoms with Gasteiger partial charge in [-0.1, -0.05) is 191 Å². The van der Waals surface area contributed by atoms with Gasteiger partial charge in [0, 0.05) is 12.8 Å². The zero-order chi connectivity index (χ0) is 38.7. The van der Waals surface area contributed by atoms with E-state index < -0.39 is 12.1 Å². The Morgan fingerprint density at radius 2 is 0.868 bits per heavy atom. The maximum absolute atomic E-state index is 12.6. The Labute approximate surface area is 326 Å². The van der Waals surface area contributed by atoms with E-state index >= 15 is 0 Å². The molecule has 0 saturated heterocycles. The van der Waals surface area contributed by atoms with Crippen molar-refractivity contribution in [2.45, 2.75) is 207 Å². The molecule has 0 radical (unpaired) electrons. The molecule has 0 heterocycles. The van der Waals surface area contributed by atoms with Crippen LogP contribution in [0.3, 0.4) is 0 Å². The lowest BCUT2D eigenvalue weighted by Crippen LogP contribution is -2.30. The average Bonchev–Trinajstić information content (AvgIpc) is 3.15. The number of unbranched alkanes of at least 4 members (excludes halogenated alkanes) is 19. The lowest BCUT2D eigenvalue weighted by atomic mass is 10.0. The molecule has 0 rings (SSSR count). The molecule has 0 N–H and O–H groups in total. The van der Waals surface area contributed by atoms with Gasteiger partial charge in [0.15, 0.2) is 6.10 Å². The first kappa shape index (κ1) is 50.1. The largest absolute Gasteiger partial charge is 0.462 e. The van der Waals surface area contributed by atoms with Crippen molar-refractivity contribution in [2.24, 2.45) is 0 Å². The van der Waals surface area contributed by atoms with Crippen molar-refractivity contribution in [3.8, 4) is 0 Å². The van der Waals surface area contributed by atoms with E-state index in [1.165, 1.54) is 89.9 Å². The van der Waals surface area contributed by atoms with Gasteiger partial charge < -0.3 is 14.2 Å². The van der Waals surface area contributed by atoms with Gasteiger partial charge >= 0.3 is 17.9 Å². The van der Waals surface area contributed by atoms with E-state index in [2.05, 4.69) is 69.4 Å². The lowest BCUT2D eigenvalue weighted by Gasteiger charge is -2.18. The highest BCUT2D eigenvalue weighted by Crippen LogP contribution is 2.14. The van der Waals surface area contributed by atoms with Gasteiger partial charge in [-0.3, -0.25) is 14.4 Å². The molecule has 0 aromatic heterocycles. The van der Waals surface area contributed by atoms with Crippen LogP contribution in [0.5, 0.6) is 0 Å². The van der Waals surface area contributed by atoms with Gasteiger partial charge in [0.25, 0.3) is 0 Å². The highest BCUT2D eigenvalue weighted by molar-refractivity contribution is 5.72. The molecule has 1 unspecified atom stereocenters. The molecule has 0 amide bonds. The van der Waals surface area contributed by atoms with Crippen molar-refractivity contribution in [3.63, 3.8) is 0 Å². The standard InChI is InChI=1S/C47H80O6/c1-4-7-10-13-16-19-21-22-23-24-26-28-31-34-37-40-46(49)52-43-44(42-51-45(48)39-36-33-30-27-18-15-12-9-6-3)53-47(50)41-38-35-32-29-25-20-17-14-11-8-5-2/h9,12,14,17-18,20,25,27,33,36,44H,4-8,10-11,13,15-16,19,21-24,26,28-32,34-35,37-43H2,1-3H3/b12-9-,17-14-,25-20-,27-18-,36-33-. The number of carbonyl (C=O) groups excluding carboxylic acids is 3. The summed E-state index contributed by atoms with van der Waals surface area (Å²) in [5.41, 5.74) is 0. The van der Waals surface area contributed by atoms with Crippen molar-refractivity contribution in [2.75, 3.05) is 13.2 Å². The molecule has 53 heavy (non-hydrogen) atoms. The third-order valence-corrected chi connectivity index (χ3v) is 9.07. The van der Waals surface area contributed by atoms with Gasteiger partial charge in [0.05, 0.1) is 6.42 Å². The van der Waals surface area contributed by atoms with Crippen molar-refractivity contribution in [3.05, 3.63) is 60.8 Å². The Morgan fingerprint density at radius 1 is 0.434 bits per heavy atom. The van der Waals surface area contributed by atoms with E-state index in [1.807, 2.05) is 6.08 Å². The van der Waals surface area contributed by atoms with E-state index in [0.717, 1.165) is 70.6 Å². The molecule has 0 fully saturated rings. The summed E-state index contributed by atoms with van der Waals surface area (Å²) in [5, 5.41) is 0. The molecule has 0 aliphatic rings. The van der Waals surface area contributed by atoms with E-state index in [0.29, 0.717) is 6.42 Å². The normalized spacial score (nSPS) is 12.6. The molecule has 0 bridgehead atoms. The van der Waals surface area contributed by atoms with Gasteiger partial charge in [-0.2, -0.15) is 0 Å². The summed E-state index contributed by atoms with van der Waals surface area (Å²) in [5.74, 6) is -1.07. The van der Waals surface area contributed by atoms with Crippen molar-refractivity contribution < 1.29 is 28.6 Å². The van der Waals surface area contributed by atoms with Crippen molar-refractivity contribution in [1.82, 2.24) is 0 Å². The number of carbonyl (C=O) groups is 3. The summed E-state index contributed by atoms with van der Waals surface area (Å²) >= 11 is 0.